The lowest BCUT2D eigenvalue weighted by molar-refractivity contribution is 0.0553. The molecular formula is C14H19NOS. The number of piperidine rings is 1. The Hall–Kier alpha value is -0.830. The predicted octanol–water partition coefficient (Wildman–Crippen LogP) is 3.46. The molecule has 2 nitrogen and oxygen atoms in total. The highest BCUT2D eigenvalue weighted by molar-refractivity contribution is 7.13. The number of carbonyl (C=O) groups is 1. The summed E-state index contributed by atoms with van der Waals surface area (Å²) in [4.78, 5) is 16.8. The maximum absolute atomic E-state index is 12.5. The van der Waals surface area contributed by atoms with Gasteiger partial charge in [-0.05, 0) is 50.7 Å². The van der Waals surface area contributed by atoms with Crippen molar-refractivity contribution in [3.8, 4) is 0 Å². The van der Waals surface area contributed by atoms with E-state index in [1.54, 1.807) is 11.3 Å². The zero-order valence-corrected chi connectivity index (χ0v) is 11.1. The Morgan fingerprint density at radius 3 is 2.88 bits per heavy atom. The van der Waals surface area contributed by atoms with Gasteiger partial charge in [0.15, 0.2) is 0 Å². The minimum atomic E-state index is 0.278. The number of nitrogens with zero attached hydrogens (tertiary/aromatic N) is 1. The minimum Gasteiger partial charge on any atom is -0.335 e. The molecule has 2 aliphatic rings. The van der Waals surface area contributed by atoms with Crippen molar-refractivity contribution < 1.29 is 4.79 Å². The molecule has 1 amide bonds. The van der Waals surface area contributed by atoms with Crippen LogP contribution in [0.4, 0.5) is 0 Å². The average molecular weight is 249 g/mol. The van der Waals surface area contributed by atoms with E-state index in [4.69, 9.17) is 0 Å². The number of likely N-dealkylation sites (tertiary alicyclic amines) is 1. The van der Waals surface area contributed by atoms with Crippen LogP contribution in [0, 0.1) is 12.8 Å². The SMILES string of the molecule is Cc1ccc(C(=O)N2CCCC3CCCC32)s1. The molecule has 0 radical (unpaired) electrons. The van der Waals surface area contributed by atoms with Gasteiger partial charge in [0.25, 0.3) is 5.91 Å². The van der Waals surface area contributed by atoms with E-state index in [0.29, 0.717) is 6.04 Å². The Kier molecular flexibility index (Phi) is 2.95. The van der Waals surface area contributed by atoms with Gasteiger partial charge in [-0.1, -0.05) is 6.42 Å². The van der Waals surface area contributed by atoms with E-state index >= 15 is 0 Å². The van der Waals surface area contributed by atoms with Gasteiger partial charge >= 0.3 is 0 Å². The van der Waals surface area contributed by atoms with Crippen LogP contribution in [-0.4, -0.2) is 23.4 Å². The van der Waals surface area contributed by atoms with Gasteiger partial charge in [0.05, 0.1) is 4.88 Å². The molecule has 2 atom stereocenters. The van der Waals surface area contributed by atoms with Crippen LogP contribution < -0.4 is 0 Å². The fourth-order valence-corrected chi connectivity index (χ4v) is 4.22. The van der Waals surface area contributed by atoms with E-state index in [-0.39, 0.29) is 5.91 Å². The van der Waals surface area contributed by atoms with Crippen molar-refractivity contribution in [2.45, 2.75) is 45.1 Å². The number of hydrogen-bond donors (Lipinski definition) is 0. The normalized spacial score (nSPS) is 28.2. The fraction of sp³-hybridized carbons (Fsp3) is 0.643. The van der Waals surface area contributed by atoms with Crippen LogP contribution in [0.1, 0.15) is 46.7 Å². The largest absolute Gasteiger partial charge is 0.335 e. The number of thiophene rings is 1. The lowest BCUT2D eigenvalue weighted by Crippen LogP contribution is -2.45. The number of fused-ring (bicyclic) bond motifs is 1. The standard InChI is InChI=1S/C14H19NOS/c1-10-7-8-13(17-10)14(16)15-9-3-5-11-4-2-6-12(11)15/h7-8,11-12H,2-6,9H2,1H3. The van der Waals surface area contributed by atoms with Crippen LogP contribution in [0.3, 0.4) is 0 Å². The van der Waals surface area contributed by atoms with Crippen LogP contribution in [0.5, 0.6) is 0 Å². The molecule has 0 aromatic carbocycles. The first-order valence-electron chi connectivity index (χ1n) is 6.63. The molecule has 17 heavy (non-hydrogen) atoms. The third kappa shape index (κ3) is 2.01. The Labute approximate surface area is 107 Å². The summed E-state index contributed by atoms with van der Waals surface area (Å²) in [5.74, 6) is 1.06. The fourth-order valence-electron chi connectivity index (χ4n) is 3.40. The summed E-state index contributed by atoms with van der Waals surface area (Å²) in [7, 11) is 0. The van der Waals surface area contributed by atoms with Gasteiger partial charge in [-0.25, -0.2) is 0 Å². The van der Waals surface area contributed by atoms with Crippen LogP contribution >= 0.6 is 11.3 Å². The highest BCUT2D eigenvalue weighted by Crippen LogP contribution is 2.37. The third-order valence-corrected chi connectivity index (χ3v) is 5.19. The number of aryl methyl sites for hydroxylation is 1. The molecule has 1 aromatic heterocycles. The van der Waals surface area contributed by atoms with Gasteiger partial charge in [0.1, 0.15) is 0 Å². The zero-order valence-electron chi connectivity index (χ0n) is 10.3. The van der Waals surface area contributed by atoms with Crippen molar-refractivity contribution in [3.05, 3.63) is 21.9 Å². The molecule has 2 heterocycles. The van der Waals surface area contributed by atoms with Crippen molar-refractivity contribution in [2.75, 3.05) is 6.54 Å². The first-order chi connectivity index (χ1) is 8.25. The third-order valence-electron chi connectivity index (χ3n) is 4.21. The second-order valence-electron chi connectivity index (χ2n) is 5.31. The summed E-state index contributed by atoms with van der Waals surface area (Å²) >= 11 is 1.63. The van der Waals surface area contributed by atoms with Crippen molar-refractivity contribution in [3.63, 3.8) is 0 Å². The molecule has 1 saturated heterocycles. The van der Waals surface area contributed by atoms with E-state index in [1.807, 2.05) is 12.1 Å². The van der Waals surface area contributed by atoms with E-state index in [1.165, 1.54) is 37.0 Å². The summed E-state index contributed by atoms with van der Waals surface area (Å²) in [6.45, 7) is 3.03. The second kappa shape index (κ2) is 4.45. The topological polar surface area (TPSA) is 20.3 Å². The van der Waals surface area contributed by atoms with Crippen LogP contribution in [0.15, 0.2) is 12.1 Å². The second-order valence-corrected chi connectivity index (χ2v) is 6.60. The predicted molar refractivity (Wildman–Crippen MR) is 70.5 cm³/mol. The molecule has 1 aliphatic carbocycles. The molecule has 1 aliphatic heterocycles. The molecule has 1 aromatic rings. The summed E-state index contributed by atoms with van der Waals surface area (Å²) in [5, 5.41) is 0. The minimum absolute atomic E-state index is 0.278. The summed E-state index contributed by atoms with van der Waals surface area (Å²) in [6, 6.07) is 4.58. The van der Waals surface area contributed by atoms with Crippen LogP contribution in [0.2, 0.25) is 0 Å². The first kappa shape index (κ1) is 11.3. The van der Waals surface area contributed by atoms with Gasteiger partial charge < -0.3 is 4.90 Å². The van der Waals surface area contributed by atoms with Gasteiger partial charge in [0, 0.05) is 17.5 Å². The smallest absolute Gasteiger partial charge is 0.264 e. The Bertz CT molecular complexity index is 426. The molecule has 0 N–H and O–H groups in total. The Morgan fingerprint density at radius 1 is 1.29 bits per heavy atom. The van der Waals surface area contributed by atoms with Gasteiger partial charge in [-0.15, -0.1) is 11.3 Å². The van der Waals surface area contributed by atoms with Crippen molar-refractivity contribution in [2.24, 2.45) is 5.92 Å². The number of hydrogen-bond acceptors (Lipinski definition) is 2. The molecule has 2 fully saturated rings. The Balaban J connectivity index is 1.81. The maximum atomic E-state index is 12.5. The van der Waals surface area contributed by atoms with Gasteiger partial charge in [0.2, 0.25) is 0 Å². The highest BCUT2D eigenvalue weighted by Gasteiger charge is 2.37. The average Bonchev–Trinajstić information content (AvgIpc) is 2.95. The van der Waals surface area contributed by atoms with Crippen molar-refractivity contribution >= 4 is 17.2 Å². The molecule has 3 rings (SSSR count). The monoisotopic (exact) mass is 249 g/mol. The highest BCUT2D eigenvalue weighted by atomic mass is 32.1. The molecular weight excluding hydrogens is 230 g/mol. The van der Waals surface area contributed by atoms with Crippen LogP contribution in [0.25, 0.3) is 0 Å². The van der Waals surface area contributed by atoms with E-state index < -0.39 is 0 Å². The lowest BCUT2D eigenvalue weighted by Gasteiger charge is -2.37. The van der Waals surface area contributed by atoms with E-state index in [9.17, 15) is 4.79 Å². The molecule has 2 unspecified atom stereocenters. The summed E-state index contributed by atoms with van der Waals surface area (Å²) < 4.78 is 0. The lowest BCUT2D eigenvalue weighted by atomic mass is 9.92. The summed E-state index contributed by atoms with van der Waals surface area (Å²) in [5.41, 5.74) is 0. The van der Waals surface area contributed by atoms with Crippen molar-refractivity contribution in [1.29, 1.82) is 0 Å². The molecule has 0 spiro atoms. The molecule has 92 valence electrons. The van der Waals surface area contributed by atoms with Gasteiger partial charge in [-0.2, -0.15) is 0 Å². The maximum Gasteiger partial charge on any atom is 0.264 e. The Morgan fingerprint density at radius 2 is 2.12 bits per heavy atom. The molecule has 0 bridgehead atoms. The van der Waals surface area contributed by atoms with E-state index in [2.05, 4.69) is 11.8 Å². The number of carbonyl (C=O) groups excluding carboxylic acids is 1. The van der Waals surface area contributed by atoms with E-state index in [0.717, 1.165) is 17.3 Å². The summed E-state index contributed by atoms with van der Waals surface area (Å²) in [6.07, 6.45) is 6.39. The molecule has 3 heteroatoms. The van der Waals surface area contributed by atoms with Gasteiger partial charge in [-0.3, -0.25) is 4.79 Å². The molecule has 1 saturated carbocycles. The first-order valence-corrected chi connectivity index (χ1v) is 7.45. The number of rotatable bonds is 1. The number of amides is 1. The zero-order chi connectivity index (χ0) is 11.8. The quantitative estimate of drug-likeness (QED) is 0.746. The van der Waals surface area contributed by atoms with Crippen molar-refractivity contribution in [1.82, 2.24) is 4.90 Å². The van der Waals surface area contributed by atoms with Crippen LogP contribution in [-0.2, 0) is 0 Å².